The van der Waals surface area contributed by atoms with E-state index in [2.05, 4.69) is 36.3 Å². The summed E-state index contributed by atoms with van der Waals surface area (Å²) in [6, 6.07) is 18.3. The molecule has 1 aromatic heterocycles. The lowest BCUT2D eigenvalue weighted by Gasteiger charge is -2.06. The molecule has 0 atom stereocenters. The summed E-state index contributed by atoms with van der Waals surface area (Å²) in [7, 11) is 0. The van der Waals surface area contributed by atoms with Crippen LogP contribution in [0.4, 0.5) is 5.82 Å². The lowest BCUT2D eigenvalue weighted by atomic mass is 10.1. The summed E-state index contributed by atoms with van der Waals surface area (Å²) >= 11 is 0. The Balaban J connectivity index is 2.17. The van der Waals surface area contributed by atoms with Gasteiger partial charge < -0.3 is 5.73 Å². The van der Waals surface area contributed by atoms with E-state index < -0.39 is 0 Å². The summed E-state index contributed by atoms with van der Waals surface area (Å²) in [5.74, 6) is 0.680. The fourth-order valence-corrected chi connectivity index (χ4v) is 2.46. The van der Waals surface area contributed by atoms with E-state index in [0.717, 1.165) is 22.5 Å². The summed E-state index contributed by atoms with van der Waals surface area (Å²) in [6.07, 6.45) is 0. The molecular formula is C17H17N3. The van der Waals surface area contributed by atoms with Gasteiger partial charge in [0, 0.05) is 5.56 Å². The van der Waals surface area contributed by atoms with Crippen LogP contribution < -0.4 is 5.73 Å². The third-order valence-corrected chi connectivity index (χ3v) is 3.40. The van der Waals surface area contributed by atoms with Gasteiger partial charge in [-0.15, -0.1) is 0 Å². The fourth-order valence-electron chi connectivity index (χ4n) is 2.46. The maximum absolute atomic E-state index is 6.32. The molecule has 0 spiro atoms. The van der Waals surface area contributed by atoms with Gasteiger partial charge >= 0.3 is 0 Å². The lowest BCUT2D eigenvalue weighted by molar-refractivity contribution is 0.871. The molecule has 0 aliphatic carbocycles. The Labute approximate surface area is 118 Å². The predicted octanol–water partition coefficient (Wildman–Crippen LogP) is 3.74. The van der Waals surface area contributed by atoms with Crippen molar-refractivity contribution in [1.82, 2.24) is 9.78 Å². The van der Waals surface area contributed by atoms with Crippen LogP contribution >= 0.6 is 0 Å². The molecule has 1 heterocycles. The maximum Gasteiger partial charge on any atom is 0.135 e. The molecule has 0 saturated heterocycles. The smallest absolute Gasteiger partial charge is 0.135 e. The Bertz CT molecular complexity index is 742. The quantitative estimate of drug-likeness (QED) is 0.765. The second-order valence-corrected chi connectivity index (χ2v) is 4.96. The predicted molar refractivity (Wildman–Crippen MR) is 82.9 cm³/mol. The molecule has 0 aliphatic rings. The number of nitrogens with two attached hydrogens (primary N) is 1. The molecule has 2 N–H and O–H groups in total. The monoisotopic (exact) mass is 263 g/mol. The van der Waals surface area contributed by atoms with Gasteiger partial charge in [-0.25, -0.2) is 4.68 Å². The van der Waals surface area contributed by atoms with Gasteiger partial charge in [-0.05, 0) is 37.1 Å². The van der Waals surface area contributed by atoms with Crippen molar-refractivity contribution in [1.29, 1.82) is 0 Å². The van der Waals surface area contributed by atoms with Crippen LogP contribution in [-0.2, 0) is 0 Å². The van der Waals surface area contributed by atoms with Gasteiger partial charge in [0.05, 0.1) is 11.4 Å². The number of hydrogen-bond donors (Lipinski definition) is 1. The van der Waals surface area contributed by atoms with E-state index in [4.69, 9.17) is 5.73 Å². The van der Waals surface area contributed by atoms with E-state index in [9.17, 15) is 0 Å². The summed E-state index contributed by atoms with van der Waals surface area (Å²) in [6.45, 7) is 4.05. The molecule has 0 aliphatic heterocycles. The molecule has 100 valence electrons. The van der Waals surface area contributed by atoms with Gasteiger partial charge in [-0.2, -0.15) is 5.10 Å². The average Bonchev–Trinajstić information content (AvgIpc) is 2.75. The Morgan fingerprint density at radius 1 is 0.950 bits per heavy atom. The summed E-state index contributed by atoms with van der Waals surface area (Å²) < 4.78 is 1.81. The number of anilines is 1. The minimum Gasteiger partial charge on any atom is -0.383 e. The molecule has 0 saturated carbocycles. The summed E-state index contributed by atoms with van der Waals surface area (Å²) in [5.41, 5.74) is 11.5. The molecular weight excluding hydrogens is 246 g/mol. The number of nitrogens with zero attached hydrogens (tertiary/aromatic N) is 2. The zero-order valence-electron chi connectivity index (χ0n) is 11.7. The van der Waals surface area contributed by atoms with Crippen molar-refractivity contribution in [2.45, 2.75) is 13.8 Å². The minimum absolute atomic E-state index is 0.680. The highest BCUT2D eigenvalue weighted by atomic mass is 15.3. The van der Waals surface area contributed by atoms with Crippen LogP contribution in [0.5, 0.6) is 0 Å². The van der Waals surface area contributed by atoms with E-state index in [1.165, 1.54) is 5.56 Å². The first-order chi connectivity index (χ1) is 9.66. The number of nitrogen functional groups attached to an aromatic ring is 1. The highest BCUT2D eigenvalue weighted by Crippen LogP contribution is 2.30. The summed E-state index contributed by atoms with van der Waals surface area (Å²) in [4.78, 5) is 0. The van der Waals surface area contributed by atoms with Crippen molar-refractivity contribution in [3.8, 4) is 16.8 Å². The van der Waals surface area contributed by atoms with Crippen LogP contribution in [0.3, 0.4) is 0 Å². The van der Waals surface area contributed by atoms with Crippen LogP contribution in [0.1, 0.15) is 11.3 Å². The standard InChI is InChI=1S/C17H17N3/c1-12-7-6-10-15(11-12)20-17(18)16(13(2)19-20)14-8-4-3-5-9-14/h3-11H,18H2,1-2H3. The lowest BCUT2D eigenvalue weighted by Crippen LogP contribution is -2.02. The SMILES string of the molecule is Cc1cccc(-n2nc(C)c(-c3ccccc3)c2N)c1. The van der Waals surface area contributed by atoms with Gasteiger partial charge in [0.1, 0.15) is 5.82 Å². The summed E-state index contributed by atoms with van der Waals surface area (Å²) in [5, 5.41) is 4.59. The van der Waals surface area contributed by atoms with Crippen molar-refractivity contribution in [2.24, 2.45) is 0 Å². The molecule has 3 nitrogen and oxygen atoms in total. The van der Waals surface area contributed by atoms with Gasteiger partial charge in [0.15, 0.2) is 0 Å². The molecule has 3 heteroatoms. The van der Waals surface area contributed by atoms with Crippen LogP contribution in [0.25, 0.3) is 16.8 Å². The topological polar surface area (TPSA) is 43.8 Å². The Morgan fingerprint density at radius 3 is 2.40 bits per heavy atom. The number of aryl methyl sites for hydroxylation is 2. The zero-order valence-corrected chi connectivity index (χ0v) is 11.7. The number of aromatic nitrogens is 2. The Kier molecular flexibility index (Phi) is 3.03. The van der Waals surface area contributed by atoms with E-state index in [-0.39, 0.29) is 0 Å². The largest absolute Gasteiger partial charge is 0.383 e. The first-order valence-corrected chi connectivity index (χ1v) is 6.64. The molecule has 0 fully saturated rings. The van der Waals surface area contributed by atoms with Crippen LogP contribution in [0, 0.1) is 13.8 Å². The molecule has 0 radical (unpaired) electrons. The molecule has 0 unspecified atom stereocenters. The number of benzene rings is 2. The third-order valence-electron chi connectivity index (χ3n) is 3.40. The normalized spacial score (nSPS) is 10.7. The fraction of sp³-hybridized carbons (Fsp3) is 0.118. The number of rotatable bonds is 2. The highest BCUT2D eigenvalue weighted by Gasteiger charge is 2.15. The first kappa shape index (κ1) is 12.5. The van der Waals surface area contributed by atoms with Gasteiger partial charge in [0.2, 0.25) is 0 Å². The van der Waals surface area contributed by atoms with Gasteiger partial charge in [-0.3, -0.25) is 0 Å². The van der Waals surface area contributed by atoms with E-state index >= 15 is 0 Å². The molecule has 3 aromatic rings. The van der Waals surface area contributed by atoms with Crippen molar-refractivity contribution < 1.29 is 0 Å². The Hall–Kier alpha value is -2.55. The average molecular weight is 263 g/mol. The van der Waals surface area contributed by atoms with Crippen LogP contribution in [0.2, 0.25) is 0 Å². The van der Waals surface area contributed by atoms with E-state index in [0.29, 0.717) is 5.82 Å². The van der Waals surface area contributed by atoms with E-state index in [1.54, 1.807) is 0 Å². The van der Waals surface area contributed by atoms with Crippen LogP contribution in [0.15, 0.2) is 54.6 Å². The molecule has 0 amide bonds. The number of hydrogen-bond acceptors (Lipinski definition) is 2. The molecule has 0 bridgehead atoms. The second kappa shape index (κ2) is 4.85. The van der Waals surface area contributed by atoms with Gasteiger partial charge in [-0.1, -0.05) is 42.5 Å². The second-order valence-electron chi connectivity index (χ2n) is 4.96. The molecule has 2 aromatic carbocycles. The van der Waals surface area contributed by atoms with Crippen molar-refractivity contribution in [3.05, 3.63) is 65.9 Å². The van der Waals surface area contributed by atoms with Crippen molar-refractivity contribution >= 4 is 5.82 Å². The molecule has 20 heavy (non-hydrogen) atoms. The molecule has 3 rings (SSSR count). The van der Waals surface area contributed by atoms with Crippen LogP contribution in [-0.4, -0.2) is 9.78 Å². The zero-order chi connectivity index (χ0) is 14.1. The minimum atomic E-state index is 0.680. The van der Waals surface area contributed by atoms with Crippen molar-refractivity contribution in [3.63, 3.8) is 0 Å². The Morgan fingerprint density at radius 2 is 1.70 bits per heavy atom. The van der Waals surface area contributed by atoms with E-state index in [1.807, 2.05) is 41.9 Å². The van der Waals surface area contributed by atoms with Gasteiger partial charge in [0.25, 0.3) is 0 Å². The first-order valence-electron chi connectivity index (χ1n) is 6.64. The maximum atomic E-state index is 6.32. The third kappa shape index (κ3) is 2.07. The highest BCUT2D eigenvalue weighted by molar-refractivity contribution is 5.77. The van der Waals surface area contributed by atoms with Crippen molar-refractivity contribution in [2.75, 3.05) is 5.73 Å².